The van der Waals surface area contributed by atoms with E-state index in [9.17, 15) is 22.8 Å². The summed E-state index contributed by atoms with van der Waals surface area (Å²) in [6.07, 6.45) is -5.85. The Kier molecular flexibility index (Phi) is 5.16. The first-order chi connectivity index (χ1) is 8.71. The molecule has 0 aromatic carbocycles. The third-order valence-corrected chi connectivity index (χ3v) is 3.11. The van der Waals surface area contributed by atoms with Crippen molar-refractivity contribution in [2.24, 2.45) is 5.92 Å². The molecule has 5 nitrogen and oxygen atoms in total. The number of ether oxygens (including phenoxy) is 1. The topological polar surface area (TPSA) is 66.8 Å². The van der Waals surface area contributed by atoms with Crippen LogP contribution in [0, 0.1) is 5.92 Å². The lowest BCUT2D eigenvalue weighted by Crippen LogP contribution is -2.43. The van der Waals surface area contributed by atoms with Crippen LogP contribution >= 0.6 is 0 Å². The van der Waals surface area contributed by atoms with E-state index in [2.05, 4.69) is 4.74 Å². The van der Waals surface area contributed by atoms with Gasteiger partial charge in [0.25, 0.3) is 0 Å². The molecular weight excluding hydrogens is 267 g/mol. The molecule has 1 unspecified atom stereocenters. The van der Waals surface area contributed by atoms with Crippen LogP contribution in [-0.4, -0.2) is 53.9 Å². The first-order valence-corrected chi connectivity index (χ1v) is 5.90. The molecule has 1 atom stereocenters. The zero-order valence-electron chi connectivity index (χ0n) is 10.4. The van der Waals surface area contributed by atoms with Crippen molar-refractivity contribution in [1.29, 1.82) is 0 Å². The van der Waals surface area contributed by atoms with E-state index in [1.54, 1.807) is 0 Å². The van der Waals surface area contributed by atoms with Gasteiger partial charge in [-0.25, -0.2) is 0 Å². The summed E-state index contributed by atoms with van der Waals surface area (Å²) in [7, 11) is 0. The molecule has 1 aliphatic rings. The number of rotatable bonds is 4. The van der Waals surface area contributed by atoms with Crippen LogP contribution in [0.25, 0.3) is 0 Å². The largest absolute Gasteiger partial charge is 0.481 e. The molecule has 1 amide bonds. The summed E-state index contributed by atoms with van der Waals surface area (Å²) < 4.78 is 41.0. The van der Waals surface area contributed by atoms with E-state index in [0.717, 1.165) is 6.92 Å². The van der Waals surface area contributed by atoms with Crippen molar-refractivity contribution in [1.82, 2.24) is 4.90 Å². The lowest BCUT2D eigenvalue weighted by Gasteiger charge is -2.30. The van der Waals surface area contributed by atoms with Crippen molar-refractivity contribution in [2.75, 3.05) is 19.7 Å². The minimum atomic E-state index is -4.49. The predicted molar refractivity (Wildman–Crippen MR) is 58.4 cm³/mol. The Morgan fingerprint density at radius 3 is 2.32 bits per heavy atom. The van der Waals surface area contributed by atoms with E-state index in [4.69, 9.17) is 5.11 Å². The quantitative estimate of drug-likeness (QED) is 0.844. The highest BCUT2D eigenvalue weighted by atomic mass is 19.4. The van der Waals surface area contributed by atoms with Gasteiger partial charge in [-0.15, -0.1) is 0 Å². The standard InChI is InChI=1S/C11H16F3NO4/c1-7(11(12,13)14)19-6-9(16)15-4-2-8(3-5-15)10(17)18/h7-8H,2-6H2,1H3,(H,17,18). The van der Waals surface area contributed by atoms with Gasteiger partial charge < -0.3 is 14.7 Å². The number of aliphatic carboxylic acids is 1. The van der Waals surface area contributed by atoms with E-state index in [0.29, 0.717) is 12.8 Å². The van der Waals surface area contributed by atoms with Crippen molar-refractivity contribution in [3.8, 4) is 0 Å². The molecule has 8 heteroatoms. The van der Waals surface area contributed by atoms with Crippen LogP contribution in [0.1, 0.15) is 19.8 Å². The lowest BCUT2D eigenvalue weighted by atomic mass is 9.97. The third-order valence-electron chi connectivity index (χ3n) is 3.11. The van der Waals surface area contributed by atoms with E-state index in [-0.39, 0.29) is 13.1 Å². The number of halogens is 3. The summed E-state index contributed by atoms with van der Waals surface area (Å²) in [6.45, 7) is 0.668. The van der Waals surface area contributed by atoms with E-state index >= 15 is 0 Å². The van der Waals surface area contributed by atoms with E-state index in [1.165, 1.54) is 4.90 Å². The zero-order chi connectivity index (χ0) is 14.6. The molecule has 19 heavy (non-hydrogen) atoms. The monoisotopic (exact) mass is 283 g/mol. The fraction of sp³-hybridized carbons (Fsp3) is 0.818. The molecule has 1 fully saturated rings. The van der Waals surface area contributed by atoms with E-state index < -0.39 is 36.7 Å². The molecule has 0 aromatic heterocycles. The van der Waals surface area contributed by atoms with Gasteiger partial charge in [0.15, 0.2) is 6.10 Å². The minimum absolute atomic E-state index is 0.236. The van der Waals surface area contributed by atoms with Crippen molar-refractivity contribution in [2.45, 2.75) is 32.0 Å². The van der Waals surface area contributed by atoms with Gasteiger partial charge in [-0.1, -0.05) is 0 Å². The molecule has 0 aromatic rings. The summed E-state index contributed by atoms with van der Waals surface area (Å²) in [5.41, 5.74) is 0. The Hall–Kier alpha value is -1.31. The fourth-order valence-electron chi connectivity index (χ4n) is 1.76. The summed E-state index contributed by atoms with van der Waals surface area (Å²) >= 11 is 0. The highest BCUT2D eigenvalue weighted by molar-refractivity contribution is 5.78. The van der Waals surface area contributed by atoms with Gasteiger partial charge in [-0.05, 0) is 19.8 Å². The second-order valence-electron chi connectivity index (χ2n) is 4.49. The Morgan fingerprint density at radius 1 is 1.37 bits per heavy atom. The number of carbonyl (C=O) groups is 2. The summed E-state index contributed by atoms with van der Waals surface area (Å²) in [5.74, 6) is -1.94. The van der Waals surface area contributed by atoms with Crippen LogP contribution in [-0.2, 0) is 14.3 Å². The van der Waals surface area contributed by atoms with Crippen LogP contribution in [0.2, 0.25) is 0 Å². The SMILES string of the molecule is CC(OCC(=O)N1CCC(C(=O)O)CC1)C(F)(F)F. The smallest absolute Gasteiger partial charge is 0.414 e. The first-order valence-electron chi connectivity index (χ1n) is 5.90. The van der Waals surface area contributed by atoms with Gasteiger partial charge >= 0.3 is 12.1 Å². The normalized spacial score (nSPS) is 19.3. The van der Waals surface area contributed by atoms with E-state index in [1.807, 2.05) is 0 Å². The molecule has 0 radical (unpaired) electrons. The van der Waals surface area contributed by atoms with Gasteiger partial charge in [0.2, 0.25) is 5.91 Å². The number of carboxylic acids is 1. The third kappa shape index (κ3) is 4.70. The number of carboxylic acid groups (broad SMARTS) is 1. The first kappa shape index (κ1) is 15.7. The maximum Gasteiger partial charge on any atom is 0.414 e. The molecule has 1 heterocycles. The molecular formula is C11H16F3NO4. The molecule has 110 valence electrons. The van der Waals surface area contributed by atoms with Gasteiger partial charge in [0.1, 0.15) is 6.61 Å². The van der Waals surface area contributed by atoms with Gasteiger partial charge in [-0.3, -0.25) is 9.59 Å². The Labute approximate surface area is 108 Å². The Bertz CT molecular complexity index is 337. The number of hydrogen-bond donors (Lipinski definition) is 1. The van der Waals surface area contributed by atoms with Gasteiger partial charge in [0, 0.05) is 13.1 Å². The molecule has 1 rings (SSSR count). The number of alkyl halides is 3. The second-order valence-corrected chi connectivity index (χ2v) is 4.49. The van der Waals surface area contributed by atoms with Crippen molar-refractivity contribution in [3.05, 3.63) is 0 Å². The summed E-state index contributed by atoms with van der Waals surface area (Å²) in [6, 6.07) is 0. The highest BCUT2D eigenvalue weighted by Gasteiger charge is 2.37. The molecule has 0 spiro atoms. The molecule has 1 N–H and O–H groups in total. The zero-order valence-corrected chi connectivity index (χ0v) is 10.4. The van der Waals surface area contributed by atoms with Gasteiger partial charge in [-0.2, -0.15) is 13.2 Å². The predicted octanol–water partition coefficient (Wildman–Crippen LogP) is 1.28. The lowest BCUT2D eigenvalue weighted by molar-refractivity contribution is -0.215. The fourth-order valence-corrected chi connectivity index (χ4v) is 1.76. The maximum atomic E-state index is 12.2. The van der Waals surface area contributed by atoms with Crippen molar-refractivity contribution >= 4 is 11.9 Å². The van der Waals surface area contributed by atoms with Crippen molar-refractivity contribution < 1.29 is 32.6 Å². The maximum absolute atomic E-state index is 12.2. The molecule has 1 aliphatic heterocycles. The number of nitrogens with zero attached hydrogens (tertiary/aromatic N) is 1. The minimum Gasteiger partial charge on any atom is -0.481 e. The number of likely N-dealkylation sites (tertiary alicyclic amines) is 1. The average Bonchev–Trinajstić information content (AvgIpc) is 2.34. The number of hydrogen-bond acceptors (Lipinski definition) is 3. The molecule has 0 bridgehead atoms. The molecule has 1 saturated heterocycles. The highest BCUT2D eigenvalue weighted by Crippen LogP contribution is 2.22. The number of piperidine rings is 1. The Balaban J connectivity index is 2.34. The number of carbonyl (C=O) groups excluding carboxylic acids is 1. The van der Waals surface area contributed by atoms with Crippen LogP contribution in [0.5, 0.6) is 0 Å². The Morgan fingerprint density at radius 2 is 1.89 bits per heavy atom. The molecule has 0 aliphatic carbocycles. The average molecular weight is 283 g/mol. The van der Waals surface area contributed by atoms with Crippen LogP contribution < -0.4 is 0 Å². The van der Waals surface area contributed by atoms with Crippen LogP contribution in [0.4, 0.5) is 13.2 Å². The second kappa shape index (κ2) is 6.23. The summed E-state index contributed by atoms with van der Waals surface area (Å²) in [4.78, 5) is 23.6. The van der Waals surface area contributed by atoms with Crippen LogP contribution in [0.15, 0.2) is 0 Å². The van der Waals surface area contributed by atoms with Crippen LogP contribution in [0.3, 0.4) is 0 Å². The van der Waals surface area contributed by atoms with Crippen molar-refractivity contribution in [3.63, 3.8) is 0 Å². The summed E-state index contributed by atoms with van der Waals surface area (Å²) in [5, 5.41) is 8.78. The number of amides is 1. The van der Waals surface area contributed by atoms with Gasteiger partial charge in [0.05, 0.1) is 5.92 Å². The molecule has 0 saturated carbocycles.